The molecule has 5 aromatic rings. The summed E-state index contributed by atoms with van der Waals surface area (Å²) in [5.74, 6) is 0.178. The van der Waals surface area contributed by atoms with E-state index < -0.39 is 0 Å². The van der Waals surface area contributed by atoms with Crippen LogP contribution in [0.25, 0.3) is 28.2 Å². The monoisotopic (exact) mass is 421 g/mol. The first-order valence-corrected chi connectivity index (χ1v) is 10.1. The molecule has 2 aromatic carbocycles. The number of rotatable bonds is 5. The zero-order valence-electron chi connectivity index (χ0n) is 17.1. The van der Waals surface area contributed by atoms with Gasteiger partial charge in [0.15, 0.2) is 0 Å². The van der Waals surface area contributed by atoms with Gasteiger partial charge >= 0.3 is 0 Å². The number of amides is 1. The van der Waals surface area contributed by atoms with Gasteiger partial charge in [0.1, 0.15) is 23.7 Å². The average molecular weight is 421 g/mol. The minimum Gasteiger partial charge on any atom is -0.308 e. The van der Waals surface area contributed by atoms with Gasteiger partial charge in [-0.15, -0.1) is 0 Å². The highest BCUT2D eigenvalue weighted by atomic mass is 16.2. The average Bonchev–Trinajstić information content (AvgIpc) is 3.20. The number of hydrogen-bond donors (Lipinski definition) is 1. The molecule has 0 aliphatic rings. The van der Waals surface area contributed by atoms with Gasteiger partial charge in [-0.1, -0.05) is 66.7 Å². The summed E-state index contributed by atoms with van der Waals surface area (Å²) < 4.78 is 2.99. The molecular weight excluding hydrogens is 402 g/mol. The van der Waals surface area contributed by atoms with E-state index in [1.165, 1.54) is 10.7 Å². The van der Waals surface area contributed by atoms with Crippen molar-refractivity contribution in [3.05, 3.63) is 108 Å². The molecule has 5 rings (SSSR count). The first-order valence-electron chi connectivity index (χ1n) is 10.1. The topological polar surface area (TPSA) is 81.3 Å². The summed E-state index contributed by atoms with van der Waals surface area (Å²) in [7, 11) is 0. The Morgan fingerprint density at radius 3 is 2.25 bits per heavy atom. The van der Waals surface area contributed by atoms with Crippen molar-refractivity contribution in [2.75, 3.05) is 5.32 Å². The molecule has 0 aliphatic heterocycles. The Labute approximate surface area is 183 Å². The molecule has 0 spiro atoms. The number of imidazole rings is 1. The highest BCUT2D eigenvalue weighted by Gasteiger charge is 2.17. The molecule has 0 unspecified atom stereocenters. The van der Waals surface area contributed by atoms with Crippen molar-refractivity contribution in [1.82, 2.24) is 19.2 Å². The number of carbonyl (C=O) groups excluding carboxylic acids is 1. The van der Waals surface area contributed by atoms with E-state index in [0.29, 0.717) is 22.9 Å². The van der Waals surface area contributed by atoms with Crippen LogP contribution in [-0.2, 0) is 11.3 Å². The number of nitrogens with one attached hydrogen (secondary N) is 1. The lowest BCUT2D eigenvalue weighted by molar-refractivity contribution is -0.117. The van der Waals surface area contributed by atoms with Crippen LogP contribution in [0.4, 0.5) is 5.82 Å². The summed E-state index contributed by atoms with van der Waals surface area (Å²) in [4.78, 5) is 30.0. The van der Waals surface area contributed by atoms with Crippen molar-refractivity contribution in [1.29, 1.82) is 0 Å². The van der Waals surface area contributed by atoms with Crippen LogP contribution in [0.15, 0.2) is 102 Å². The number of aromatic nitrogens is 4. The van der Waals surface area contributed by atoms with Crippen LogP contribution in [0.1, 0.15) is 0 Å². The fourth-order valence-electron chi connectivity index (χ4n) is 3.55. The fraction of sp³-hybridized carbons (Fsp3) is 0.0400. The van der Waals surface area contributed by atoms with Gasteiger partial charge in [0.05, 0.1) is 5.69 Å². The van der Waals surface area contributed by atoms with Crippen LogP contribution in [-0.4, -0.2) is 25.1 Å². The summed E-state index contributed by atoms with van der Waals surface area (Å²) in [5.41, 5.74) is 3.40. The largest absolute Gasteiger partial charge is 0.308 e. The minimum atomic E-state index is -0.368. The van der Waals surface area contributed by atoms with E-state index in [-0.39, 0.29) is 18.0 Å². The van der Waals surface area contributed by atoms with Gasteiger partial charge in [0.2, 0.25) is 5.91 Å². The zero-order valence-corrected chi connectivity index (χ0v) is 17.1. The highest BCUT2D eigenvalue weighted by Crippen LogP contribution is 2.28. The standard InChI is InChI=1S/C25H19N5O2/c31-22(17-30-23(32)15-14-20(28-30)18-9-3-1-4-10-18)27-25-24(19-11-5-2-6-12-19)26-21-13-7-8-16-29(21)25/h1-16H,17H2,(H,27,31). The molecule has 0 saturated heterocycles. The summed E-state index contributed by atoms with van der Waals surface area (Å²) in [6.45, 7) is -0.214. The Morgan fingerprint density at radius 2 is 1.50 bits per heavy atom. The second-order valence-corrected chi connectivity index (χ2v) is 7.23. The maximum atomic E-state index is 13.0. The van der Waals surface area contributed by atoms with E-state index in [1.54, 1.807) is 6.07 Å². The summed E-state index contributed by atoms with van der Waals surface area (Å²) in [6, 6.07) is 27.9. The molecule has 1 N–H and O–H groups in total. The quantitative estimate of drug-likeness (QED) is 0.467. The Morgan fingerprint density at radius 1 is 0.812 bits per heavy atom. The van der Waals surface area contributed by atoms with E-state index in [4.69, 9.17) is 0 Å². The van der Waals surface area contributed by atoms with Gasteiger partial charge in [-0.2, -0.15) is 5.10 Å². The Balaban J connectivity index is 1.47. The number of pyridine rings is 1. The lowest BCUT2D eigenvalue weighted by Crippen LogP contribution is -2.29. The third kappa shape index (κ3) is 3.79. The summed E-state index contributed by atoms with van der Waals surface area (Å²) in [5, 5.41) is 7.30. The summed E-state index contributed by atoms with van der Waals surface area (Å²) >= 11 is 0. The number of anilines is 1. The van der Waals surface area contributed by atoms with E-state index in [1.807, 2.05) is 89.5 Å². The number of fused-ring (bicyclic) bond motifs is 1. The molecule has 3 heterocycles. The normalized spacial score (nSPS) is 10.9. The van der Waals surface area contributed by atoms with Gasteiger partial charge in [-0.3, -0.25) is 14.0 Å². The molecule has 0 aliphatic carbocycles. The molecule has 0 radical (unpaired) electrons. The van der Waals surface area contributed by atoms with Crippen molar-refractivity contribution in [3.63, 3.8) is 0 Å². The van der Waals surface area contributed by atoms with E-state index in [0.717, 1.165) is 11.1 Å². The van der Waals surface area contributed by atoms with Gasteiger partial charge < -0.3 is 5.32 Å². The molecule has 1 amide bonds. The first kappa shape index (κ1) is 19.4. The number of nitrogens with zero attached hydrogens (tertiary/aromatic N) is 4. The van der Waals surface area contributed by atoms with E-state index in [2.05, 4.69) is 15.4 Å². The summed E-state index contributed by atoms with van der Waals surface area (Å²) in [6.07, 6.45) is 1.84. The van der Waals surface area contributed by atoms with Crippen LogP contribution < -0.4 is 10.9 Å². The maximum Gasteiger partial charge on any atom is 0.267 e. The first-order chi connectivity index (χ1) is 15.7. The number of hydrogen-bond acceptors (Lipinski definition) is 4. The Hall–Kier alpha value is -4.52. The molecule has 0 saturated carbocycles. The number of carbonyl (C=O) groups is 1. The van der Waals surface area contributed by atoms with Crippen LogP contribution >= 0.6 is 0 Å². The van der Waals surface area contributed by atoms with Gasteiger partial charge in [0, 0.05) is 23.4 Å². The lowest BCUT2D eigenvalue weighted by Gasteiger charge is -2.10. The van der Waals surface area contributed by atoms with Crippen LogP contribution in [0.2, 0.25) is 0 Å². The van der Waals surface area contributed by atoms with Gasteiger partial charge in [0.25, 0.3) is 5.56 Å². The molecule has 0 bridgehead atoms. The molecule has 7 nitrogen and oxygen atoms in total. The second kappa shape index (κ2) is 8.31. The van der Waals surface area contributed by atoms with Crippen LogP contribution in [0.5, 0.6) is 0 Å². The molecule has 7 heteroatoms. The van der Waals surface area contributed by atoms with Crippen molar-refractivity contribution < 1.29 is 4.79 Å². The van der Waals surface area contributed by atoms with Crippen LogP contribution in [0, 0.1) is 0 Å². The molecule has 156 valence electrons. The molecular formula is C25H19N5O2. The van der Waals surface area contributed by atoms with Crippen molar-refractivity contribution in [2.24, 2.45) is 0 Å². The van der Waals surface area contributed by atoms with E-state index in [9.17, 15) is 9.59 Å². The van der Waals surface area contributed by atoms with E-state index >= 15 is 0 Å². The predicted molar refractivity (Wildman–Crippen MR) is 123 cm³/mol. The van der Waals surface area contributed by atoms with Crippen molar-refractivity contribution in [3.8, 4) is 22.5 Å². The SMILES string of the molecule is O=C(Cn1nc(-c2ccccc2)ccc1=O)Nc1c(-c2ccccc2)nc2ccccn12. The van der Waals surface area contributed by atoms with Crippen LogP contribution in [0.3, 0.4) is 0 Å². The zero-order chi connectivity index (χ0) is 21.9. The van der Waals surface area contributed by atoms with Crippen molar-refractivity contribution in [2.45, 2.75) is 6.54 Å². The smallest absolute Gasteiger partial charge is 0.267 e. The third-order valence-corrected chi connectivity index (χ3v) is 5.06. The maximum absolute atomic E-state index is 13.0. The Kier molecular flexibility index (Phi) is 5.05. The Bertz CT molecular complexity index is 1460. The number of benzene rings is 2. The molecule has 3 aromatic heterocycles. The van der Waals surface area contributed by atoms with Gasteiger partial charge in [-0.05, 0) is 18.2 Å². The molecule has 32 heavy (non-hydrogen) atoms. The molecule has 0 atom stereocenters. The third-order valence-electron chi connectivity index (χ3n) is 5.06. The highest BCUT2D eigenvalue weighted by molar-refractivity contribution is 5.94. The van der Waals surface area contributed by atoms with Crippen molar-refractivity contribution >= 4 is 17.4 Å². The predicted octanol–water partition coefficient (Wildman–Crippen LogP) is 3.86. The fourth-order valence-corrected chi connectivity index (χ4v) is 3.55. The minimum absolute atomic E-state index is 0.214. The molecule has 0 fully saturated rings. The van der Waals surface area contributed by atoms with Gasteiger partial charge in [-0.25, -0.2) is 9.67 Å². The lowest BCUT2D eigenvalue weighted by atomic mass is 10.1. The second-order valence-electron chi connectivity index (χ2n) is 7.23.